The molecule has 1 N–H and O–H groups in total. The molecule has 6 nitrogen and oxygen atoms in total. The highest BCUT2D eigenvalue weighted by Gasteiger charge is 2.01. The monoisotopic (exact) mass is 279 g/mol. The van der Waals surface area contributed by atoms with E-state index in [2.05, 4.69) is 20.1 Å². The Morgan fingerprint density at radius 3 is 2.86 bits per heavy atom. The van der Waals surface area contributed by atoms with Crippen LogP contribution in [0.25, 0.3) is 17.8 Å². The van der Waals surface area contributed by atoms with E-state index in [9.17, 15) is 4.79 Å². The van der Waals surface area contributed by atoms with E-state index < -0.39 is 0 Å². The molecular weight excluding hydrogens is 266 g/mol. The van der Waals surface area contributed by atoms with Crippen LogP contribution in [-0.2, 0) is 0 Å². The first-order valence-electron chi connectivity index (χ1n) is 6.41. The molecule has 0 atom stereocenters. The molecule has 3 rings (SSSR count). The molecule has 1 aromatic carbocycles. The molecule has 0 bridgehead atoms. The molecule has 0 radical (unpaired) electrons. The number of aromatic nitrogens is 5. The molecule has 0 saturated carbocycles. The van der Waals surface area contributed by atoms with Crippen LogP contribution in [-0.4, -0.2) is 24.7 Å². The molecule has 0 aliphatic rings. The van der Waals surface area contributed by atoms with Gasteiger partial charge in [-0.3, -0.25) is 4.79 Å². The van der Waals surface area contributed by atoms with Gasteiger partial charge in [0.2, 0.25) is 0 Å². The number of rotatable bonds is 3. The molecule has 0 aliphatic heterocycles. The third-order valence-corrected chi connectivity index (χ3v) is 3.01. The lowest BCUT2D eigenvalue weighted by Crippen LogP contribution is -2.05. The molecule has 2 heterocycles. The van der Waals surface area contributed by atoms with Crippen molar-refractivity contribution in [3.63, 3.8) is 0 Å². The van der Waals surface area contributed by atoms with Crippen LogP contribution in [0.15, 0.2) is 47.9 Å². The molecule has 2 aromatic heterocycles. The molecular formula is C15H13N5O. The van der Waals surface area contributed by atoms with E-state index in [1.807, 2.05) is 31.2 Å². The topological polar surface area (TPSA) is 76.5 Å². The fraction of sp³-hybridized carbons (Fsp3) is 0.0667. The van der Waals surface area contributed by atoms with Gasteiger partial charge in [-0.25, -0.2) is 14.6 Å². The molecule has 0 amide bonds. The molecule has 21 heavy (non-hydrogen) atoms. The summed E-state index contributed by atoms with van der Waals surface area (Å²) in [4.78, 5) is 21.8. The third kappa shape index (κ3) is 2.94. The molecule has 0 unspecified atom stereocenters. The van der Waals surface area contributed by atoms with E-state index in [-0.39, 0.29) is 5.56 Å². The maximum Gasteiger partial charge on any atom is 0.251 e. The number of hydrogen-bond acceptors (Lipinski definition) is 4. The molecule has 104 valence electrons. The number of aromatic amines is 1. The normalized spacial score (nSPS) is 11.1. The van der Waals surface area contributed by atoms with Crippen molar-refractivity contribution in [1.29, 1.82) is 0 Å². The van der Waals surface area contributed by atoms with Crippen molar-refractivity contribution in [3.05, 3.63) is 70.4 Å². The standard InChI is InChI=1S/C15H13N5O/c1-11-8-12(2-4-13(11)20-10-16-9-18-20)3-5-14-17-7-6-15(21)19-14/h2-10H,1H3,(H,17,19,21). The molecule has 0 aliphatic carbocycles. The first kappa shape index (κ1) is 13.0. The first-order valence-corrected chi connectivity index (χ1v) is 6.41. The predicted molar refractivity (Wildman–Crippen MR) is 79.9 cm³/mol. The minimum atomic E-state index is -0.164. The van der Waals surface area contributed by atoms with Crippen molar-refractivity contribution < 1.29 is 0 Å². The Balaban J connectivity index is 1.87. The zero-order chi connectivity index (χ0) is 14.7. The van der Waals surface area contributed by atoms with E-state index in [0.29, 0.717) is 5.82 Å². The summed E-state index contributed by atoms with van der Waals surface area (Å²) in [6.45, 7) is 2.01. The second-order valence-corrected chi connectivity index (χ2v) is 4.54. The lowest BCUT2D eigenvalue weighted by atomic mass is 10.1. The Kier molecular flexibility index (Phi) is 3.42. The van der Waals surface area contributed by atoms with Gasteiger partial charge in [0.1, 0.15) is 18.5 Å². The van der Waals surface area contributed by atoms with E-state index in [1.54, 1.807) is 17.1 Å². The Hall–Kier alpha value is -3.02. The summed E-state index contributed by atoms with van der Waals surface area (Å²) in [5.74, 6) is 0.528. The highest BCUT2D eigenvalue weighted by atomic mass is 16.1. The Labute approximate surface area is 120 Å². The third-order valence-electron chi connectivity index (χ3n) is 3.01. The van der Waals surface area contributed by atoms with Crippen molar-refractivity contribution in [2.24, 2.45) is 0 Å². The molecule has 6 heteroatoms. The van der Waals surface area contributed by atoms with E-state index >= 15 is 0 Å². The smallest absolute Gasteiger partial charge is 0.251 e. The Bertz CT molecular complexity index is 833. The van der Waals surface area contributed by atoms with Crippen LogP contribution in [0.2, 0.25) is 0 Å². The second kappa shape index (κ2) is 5.54. The zero-order valence-corrected chi connectivity index (χ0v) is 11.4. The van der Waals surface area contributed by atoms with Gasteiger partial charge in [-0.15, -0.1) is 0 Å². The maximum atomic E-state index is 11.2. The van der Waals surface area contributed by atoms with Gasteiger partial charge in [0, 0.05) is 12.3 Å². The minimum Gasteiger partial charge on any atom is -0.307 e. The Morgan fingerprint density at radius 2 is 2.14 bits per heavy atom. The summed E-state index contributed by atoms with van der Waals surface area (Å²) in [5, 5.41) is 4.12. The molecule has 0 saturated heterocycles. The average Bonchev–Trinajstić information content (AvgIpc) is 2.99. The quantitative estimate of drug-likeness (QED) is 0.793. The lowest BCUT2D eigenvalue weighted by Gasteiger charge is -2.05. The molecule has 3 aromatic rings. The predicted octanol–water partition coefficient (Wildman–Crippen LogP) is 1.83. The number of benzene rings is 1. The van der Waals surface area contributed by atoms with Crippen LogP contribution in [0, 0.1) is 6.92 Å². The fourth-order valence-corrected chi connectivity index (χ4v) is 2.02. The van der Waals surface area contributed by atoms with Gasteiger partial charge in [0.15, 0.2) is 0 Å². The van der Waals surface area contributed by atoms with Crippen molar-refractivity contribution in [3.8, 4) is 5.69 Å². The SMILES string of the molecule is Cc1cc(C=Cc2nccc(=O)[nH]2)ccc1-n1cncn1. The van der Waals surface area contributed by atoms with Gasteiger partial charge < -0.3 is 4.98 Å². The molecule has 0 spiro atoms. The summed E-state index contributed by atoms with van der Waals surface area (Å²) in [6.07, 6.45) is 8.32. The first-order chi connectivity index (χ1) is 10.2. The van der Waals surface area contributed by atoms with Crippen LogP contribution in [0.4, 0.5) is 0 Å². The van der Waals surface area contributed by atoms with Gasteiger partial charge >= 0.3 is 0 Å². The van der Waals surface area contributed by atoms with Crippen molar-refractivity contribution in [1.82, 2.24) is 24.7 Å². The van der Waals surface area contributed by atoms with Crippen molar-refractivity contribution in [2.45, 2.75) is 6.92 Å². The second-order valence-electron chi connectivity index (χ2n) is 4.54. The summed E-state index contributed by atoms with van der Waals surface area (Å²) in [7, 11) is 0. The van der Waals surface area contributed by atoms with Gasteiger partial charge in [-0.1, -0.05) is 12.1 Å². The average molecular weight is 279 g/mol. The summed E-state index contributed by atoms with van der Waals surface area (Å²) in [6, 6.07) is 7.37. The summed E-state index contributed by atoms with van der Waals surface area (Å²) in [5.41, 5.74) is 2.92. The van der Waals surface area contributed by atoms with Gasteiger partial charge in [-0.2, -0.15) is 5.10 Å². The van der Waals surface area contributed by atoms with Crippen molar-refractivity contribution in [2.75, 3.05) is 0 Å². The van der Waals surface area contributed by atoms with E-state index in [4.69, 9.17) is 0 Å². The van der Waals surface area contributed by atoms with Crippen LogP contribution in [0.5, 0.6) is 0 Å². The van der Waals surface area contributed by atoms with Crippen molar-refractivity contribution >= 4 is 12.2 Å². The van der Waals surface area contributed by atoms with E-state index in [1.165, 1.54) is 18.6 Å². The van der Waals surface area contributed by atoms with Gasteiger partial charge in [0.25, 0.3) is 5.56 Å². The maximum absolute atomic E-state index is 11.2. The van der Waals surface area contributed by atoms with Crippen LogP contribution in [0.1, 0.15) is 17.0 Å². The highest BCUT2D eigenvalue weighted by Crippen LogP contribution is 2.16. The number of nitrogens with zero attached hydrogens (tertiary/aromatic N) is 4. The summed E-state index contributed by atoms with van der Waals surface area (Å²) < 4.78 is 1.72. The Morgan fingerprint density at radius 1 is 1.24 bits per heavy atom. The lowest BCUT2D eigenvalue weighted by molar-refractivity contribution is 0.871. The minimum absolute atomic E-state index is 0.164. The summed E-state index contributed by atoms with van der Waals surface area (Å²) >= 11 is 0. The number of nitrogens with one attached hydrogen (secondary N) is 1. The van der Waals surface area contributed by atoms with E-state index in [0.717, 1.165) is 16.8 Å². The highest BCUT2D eigenvalue weighted by molar-refractivity contribution is 5.67. The van der Waals surface area contributed by atoms with Gasteiger partial charge in [0.05, 0.1) is 5.69 Å². The van der Waals surface area contributed by atoms with Crippen LogP contribution in [0.3, 0.4) is 0 Å². The fourth-order valence-electron chi connectivity index (χ4n) is 2.02. The zero-order valence-electron chi connectivity index (χ0n) is 11.4. The van der Waals surface area contributed by atoms with Crippen LogP contribution < -0.4 is 5.56 Å². The number of H-pyrrole nitrogens is 1. The number of hydrogen-bond donors (Lipinski definition) is 1. The van der Waals surface area contributed by atoms with Gasteiger partial charge in [-0.05, 0) is 36.3 Å². The number of aryl methyl sites for hydroxylation is 1. The molecule has 0 fully saturated rings. The van der Waals surface area contributed by atoms with Crippen LogP contribution >= 0.6 is 0 Å². The largest absolute Gasteiger partial charge is 0.307 e.